The van der Waals surface area contributed by atoms with Gasteiger partial charge in [0, 0.05) is 20.1 Å². The van der Waals surface area contributed by atoms with E-state index in [9.17, 15) is 22.8 Å². The highest BCUT2D eigenvalue weighted by Crippen LogP contribution is 2.46. The minimum absolute atomic E-state index is 0.0210. The minimum Gasteiger partial charge on any atom is -0.463 e. The van der Waals surface area contributed by atoms with Crippen molar-refractivity contribution in [2.24, 2.45) is 0 Å². The first-order chi connectivity index (χ1) is 15.0. The Morgan fingerprint density at radius 3 is 2.25 bits per heavy atom. The van der Waals surface area contributed by atoms with E-state index >= 15 is 0 Å². The van der Waals surface area contributed by atoms with Crippen LogP contribution in [0.1, 0.15) is 34.1 Å². The van der Waals surface area contributed by atoms with E-state index in [0.29, 0.717) is 22.7 Å². The van der Waals surface area contributed by atoms with Gasteiger partial charge >= 0.3 is 5.97 Å². The van der Waals surface area contributed by atoms with Crippen LogP contribution in [0.3, 0.4) is 0 Å². The number of hydrogen-bond acceptors (Lipinski definition) is 6. The smallest absolute Gasteiger partial charge is 0.333 e. The van der Waals surface area contributed by atoms with E-state index in [2.05, 4.69) is 19.6 Å². The van der Waals surface area contributed by atoms with Gasteiger partial charge in [-0.1, -0.05) is 37.8 Å². The molecule has 0 bridgehead atoms. The standard InChI is InChI=1S/C22H28N2O6SSi/c1-5-30-22(27)14-12-17(23-20(25)15-8-6-7-9-16(15)21(23)26)19-18(13-14)24(19)31(28,29)10-11-32(2,3)4/h6-9,13,17-19H,5,10-12H2,1-4H3/t17-,18?,19?,24?/m0/s1. The summed E-state index contributed by atoms with van der Waals surface area (Å²) in [5.74, 6) is -1.43. The molecule has 2 heterocycles. The summed E-state index contributed by atoms with van der Waals surface area (Å²) < 4.78 is 32.8. The average Bonchev–Trinajstić information content (AvgIpc) is 3.42. The van der Waals surface area contributed by atoms with E-state index in [0.717, 1.165) is 4.90 Å². The average molecular weight is 477 g/mol. The van der Waals surface area contributed by atoms with E-state index in [1.54, 1.807) is 37.3 Å². The molecule has 3 unspecified atom stereocenters. The maximum atomic E-state index is 13.2. The number of esters is 1. The van der Waals surface area contributed by atoms with E-state index < -0.39 is 54.0 Å². The quantitative estimate of drug-likeness (QED) is 0.259. The van der Waals surface area contributed by atoms with Crippen LogP contribution in [-0.4, -0.2) is 74.0 Å². The zero-order valence-electron chi connectivity index (χ0n) is 18.7. The number of benzene rings is 1. The van der Waals surface area contributed by atoms with Crippen LogP contribution in [0.5, 0.6) is 0 Å². The number of rotatable bonds is 7. The third-order valence-corrected chi connectivity index (χ3v) is 10.1. The molecule has 172 valence electrons. The second-order valence-electron chi connectivity index (χ2n) is 9.65. The van der Waals surface area contributed by atoms with Gasteiger partial charge in [0.05, 0.1) is 41.6 Å². The van der Waals surface area contributed by atoms with Gasteiger partial charge in [-0.3, -0.25) is 14.5 Å². The SMILES string of the molecule is CCOC(=O)C1=CC2C([C@@H](N3C(=O)c4ccccc4C3=O)C1)N2S(=O)(=O)CC[Si](C)(C)C. The molecule has 1 aromatic rings. The second kappa shape index (κ2) is 7.93. The lowest BCUT2D eigenvalue weighted by atomic mass is 9.93. The number of nitrogens with zero attached hydrogens (tertiary/aromatic N) is 2. The highest BCUT2D eigenvalue weighted by Gasteiger charge is 2.63. The van der Waals surface area contributed by atoms with E-state index in [-0.39, 0.29) is 18.8 Å². The zero-order chi connectivity index (χ0) is 23.4. The third-order valence-electron chi connectivity index (χ3n) is 6.17. The van der Waals surface area contributed by atoms with E-state index in [1.165, 1.54) is 4.31 Å². The Kier molecular flexibility index (Phi) is 5.67. The summed E-state index contributed by atoms with van der Waals surface area (Å²) in [6.07, 6.45) is 1.70. The van der Waals surface area contributed by atoms with Crippen molar-refractivity contribution in [3.8, 4) is 0 Å². The Morgan fingerprint density at radius 1 is 1.12 bits per heavy atom. The molecule has 1 saturated heterocycles. The van der Waals surface area contributed by atoms with Crippen molar-refractivity contribution in [3.63, 3.8) is 0 Å². The first kappa shape index (κ1) is 22.9. The number of hydrogen-bond donors (Lipinski definition) is 0. The normalized spacial score (nSPS) is 27.0. The summed E-state index contributed by atoms with van der Waals surface area (Å²) in [6.45, 7) is 8.20. The second-order valence-corrected chi connectivity index (χ2v) is 17.3. The fourth-order valence-corrected chi connectivity index (χ4v) is 9.31. The molecule has 0 saturated carbocycles. The highest BCUT2D eigenvalue weighted by atomic mass is 32.2. The van der Waals surface area contributed by atoms with E-state index in [1.807, 2.05) is 0 Å². The Labute approximate surface area is 189 Å². The largest absolute Gasteiger partial charge is 0.463 e. The van der Waals surface area contributed by atoms with Crippen LogP contribution in [-0.2, 0) is 19.6 Å². The summed E-state index contributed by atoms with van der Waals surface area (Å²) in [7, 11) is -5.20. The van der Waals surface area contributed by atoms with Crippen LogP contribution >= 0.6 is 0 Å². The molecule has 1 aliphatic carbocycles. The summed E-state index contributed by atoms with van der Waals surface area (Å²) in [4.78, 5) is 39.8. The van der Waals surface area contributed by atoms with Gasteiger partial charge in [-0.15, -0.1) is 0 Å². The van der Waals surface area contributed by atoms with Gasteiger partial charge in [0.25, 0.3) is 11.8 Å². The highest BCUT2D eigenvalue weighted by molar-refractivity contribution is 7.89. The first-order valence-corrected chi connectivity index (χ1v) is 16.1. The van der Waals surface area contributed by atoms with Crippen LogP contribution in [0.2, 0.25) is 25.7 Å². The maximum Gasteiger partial charge on any atom is 0.333 e. The van der Waals surface area contributed by atoms with Crippen molar-refractivity contribution in [1.29, 1.82) is 0 Å². The molecule has 10 heteroatoms. The molecule has 2 amide bonds. The monoisotopic (exact) mass is 476 g/mol. The predicted octanol–water partition coefficient (Wildman–Crippen LogP) is 2.27. The first-order valence-electron chi connectivity index (χ1n) is 10.8. The summed E-state index contributed by atoms with van der Waals surface area (Å²) >= 11 is 0. The van der Waals surface area contributed by atoms with Crippen LogP contribution in [0.15, 0.2) is 35.9 Å². The zero-order valence-corrected chi connectivity index (χ0v) is 20.5. The molecule has 2 aliphatic heterocycles. The fourth-order valence-electron chi connectivity index (χ4n) is 4.48. The van der Waals surface area contributed by atoms with Gasteiger partial charge in [0.15, 0.2) is 0 Å². The molecule has 4 rings (SSSR count). The Morgan fingerprint density at radius 2 is 1.72 bits per heavy atom. The van der Waals surface area contributed by atoms with Gasteiger partial charge in [-0.25, -0.2) is 13.2 Å². The van der Waals surface area contributed by atoms with Crippen LogP contribution in [0, 0.1) is 0 Å². The molecule has 1 aromatic carbocycles. The van der Waals surface area contributed by atoms with Crippen LogP contribution in [0.4, 0.5) is 0 Å². The topological polar surface area (TPSA) is 101 Å². The van der Waals surface area contributed by atoms with Gasteiger partial charge in [0.2, 0.25) is 10.0 Å². The molecule has 0 radical (unpaired) electrons. The predicted molar refractivity (Wildman–Crippen MR) is 121 cm³/mol. The lowest BCUT2D eigenvalue weighted by Crippen LogP contribution is -2.46. The number of ether oxygens (including phenoxy) is 1. The summed E-state index contributed by atoms with van der Waals surface area (Å²) in [6, 6.07) is 5.30. The van der Waals surface area contributed by atoms with Gasteiger partial charge in [-0.05, 0) is 25.1 Å². The molecule has 0 N–H and O–H groups in total. The molecule has 32 heavy (non-hydrogen) atoms. The summed E-state index contributed by atoms with van der Waals surface area (Å²) in [5.41, 5.74) is 0.905. The van der Waals surface area contributed by atoms with Crippen molar-refractivity contribution in [3.05, 3.63) is 47.0 Å². The maximum absolute atomic E-state index is 13.2. The molecule has 8 nitrogen and oxygen atoms in total. The number of sulfonamides is 1. The number of fused-ring (bicyclic) bond motifs is 2. The van der Waals surface area contributed by atoms with E-state index in [4.69, 9.17) is 4.74 Å². The fraction of sp³-hybridized carbons (Fsp3) is 0.500. The minimum atomic E-state index is -3.61. The third kappa shape index (κ3) is 3.95. The molecule has 0 aromatic heterocycles. The van der Waals surface area contributed by atoms with Crippen molar-refractivity contribution in [2.45, 2.75) is 57.2 Å². The number of amides is 2. The van der Waals surface area contributed by atoms with Gasteiger partial charge < -0.3 is 4.74 Å². The van der Waals surface area contributed by atoms with Crippen LogP contribution in [0.25, 0.3) is 0 Å². The molecular weight excluding hydrogens is 448 g/mol. The summed E-state index contributed by atoms with van der Waals surface area (Å²) in [5, 5.41) is 0. The van der Waals surface area contributed by atoms with Crippen molar-refractivity contribution >= 4 is 35.9 Å². The van der Waals surface area contributed by atoms with Gasteiger partial charge in [-0.2, -0.15) is 4.31 Å². The molecular formula is C22H28N2O6SSi. The molecule has 4 atom stereocenters. The number of carbonyl (C=O) groups excluding carboxylic acids is 3. The van der Waals surface area contributed by atoms with Crippen molar-refractivity contribution in [2.75, 3.05) is 12.4 Å². The Bertz CT molecular complexity index is 1090. The van der Waals surface area contributed by atoms with Crippen molar-refractivity contribution in [1.82, 2.24) is 9.21 Å². The number of imide groups is 1. The number of carbonyl (C=O) groups is 3. The Balaban J connectivity index is 1.67. The molecule has 0 spiro atoms. The van der Waals surface area contributed by atoms with Gasteiger partial charge in [0.1, 0.15) is 0 Å². The molecule has 1 fully saturated rings. The van der Waals surface area contributed by atoms with Crippen LogP contribution < -0.4 is 0 Å². The lowest BCUT2D eigenvalue weighted by molar-refractivity contribution is -0.138. The molecule has 3 aliphatic rings. The Hall–Kier alpha value is -2.30. The van der Waals surface area contributed by atoms with Crippen molar-refractivity contribution < 1.29 is 27.5 Å². The lowest BCUT2D eigenvalue weighted by Gasteiger charge is -2.28.